The van der Waals surface area contributed by atoms with E-state index in [0.29, 0.717) is 37.6 Å². The first-order valence-electron chi connectivity index (χ1n) is 8.58. The average molecular weight is 368 g/mol. The predicted octanol–water partition coefficient (Wildman–Crippen LogP) is 2.01. The molecule has 1 aliphatic rings. The topological polar surface area (TPSA) is 77.9 Å². The second-order valence-electron chi connectivity index (χ2n) is 6.84. The van der Waals surface area contributed by atoms with Crippen molar-refractivity contribution in [1.82, 2.24) is 9.21 Å². The van der Waals surface area contributed by atoms with E-state index in [9.17, 15) is 13.2 Å². The van der Waals surface area contributed by atoms with Gasteiger partial charge in [-0.3, -0.25) is 4.79 Å². The van der Waals surface area contributed by atoms with Crippen LogP contribution in [0.15, 0.2) is 4.90 Å². The average Bonchev–Trinajstić information content (AvgIpc) is 2.56. The summed E-state index contributed by atoms with van der Waals surface area (Å²) in [5.41, 5.74) is 4.86. The number of rotatable bonds is 5. The van der Waals surface area contributed by atoms with Crippen molar-refractivity contribution >= 4 is 16.0 Å². The van der Waals surface area contributed by atoms with E-state index in [2.05, 4.69) is 0 Å². The number of benzene rings is 1. The predicted molar refractivity (Wildman–Crippen MR) is 97.6 cm³/mol. The number of carboxylic acid groups (broad SMARTS) is 1. The fraction of sp³-hybridized carbons (Fsp3) is 0.611. The summed E-state index contributed by atoms with van der Waals surface area (Å²) in [6, 6.07) is 0. The molecule has 0 aliphatic carbocycles. The quantitative estimate of drug-likeness (QED) is 0.860. The standard InChI is InChI=1S/C18H28N2O4S/c1-12-13(2)15(4)18(16(5)14(12)3)25(23,24)20-10-8-19(9-11-20)7-6-17(21)22/h6-11H2,1-5H3,(H,21,22). The van der Waals surface area contributed by atoms with Gasteiger partial charge in [-0.25, -0.2) is 8.42 Å². The number of aliphatic carboxylic acids is 1. The van der Waals surface area contributed by atoms with E-state index in [1.807, 2.05) is 39.5 Å². The SMILES string of the molecule is Cc1c(C)c(C)c(S(=O)(=O)N2CCN(CCC(=O)O)CC2)c(C)c1C. The van der Waals surface area contributed by atoms with Gasteiger partial charge in [-0.15, -0.1) is 0 Å². The van der Waals surface area contributed by atoms with E-state index in [-0.39, 0.29) is 6.42 Å². The van der Waals surface area contributed by atoms with Gasteiger partial charge in [0.15, 0.2) is 0 Å². The number of piperazine rings is 1. The molecule has 1 heterocycles. The number of nitrogens with zero attached hydrogens (tertiary/aromatic N) is 2. The molecule has 0 unspecified atom stereocenters. The zero-order chi connectivity index (χ0) is 18.9. The van der Waals surface area contributed by atoms with Crippen LogP contribution >= 0.6 is 0 Å². The summed E-state index contributed by atoms with van der Waals surface area (Å²) in [5, 5.41) is 8.78. The van der Waals surface area contributed by atoms with Crippen LogP contribution < -0.4 is 0 Å². The van der Waals surface area contributed by atoms with Gasteiger partial charge in [-0.1, -0.05) is 0 Å². The molecule has 1 aromatic rings. The van der Waals surface area contributed by atoms with Crippen LogP contribution in [-0.2, 0) is 14.8 Å². The Morgan fingerprint density at radius 2 is 1.32 bits per heavy atom. The first-order valence-corrected chi connectivity index (χ1v) is 10.0. The highest BCUT2D eigenvalue weighted by molar-refractivity contribution is 7.89. The van der Waals surface area contributed by atoms with Crippen molar-refractivity contribution < 1.29 is 18.3 Å². The molecule has 1 aliphatic heterocycles. The number of hydrogen-bond donors (Lipinski definition) is 1. The van der Waals surface area contributed by atoms with Crippen molar-refractivity contribution in [1.29, 1.82) is 0 Å². The summed E-state index contributed by atoms with van der Waals surface area (Å²) in [7, 11) is -3.55. The van der Waals surface area contributed by atoms with Crippen molar-refractivity contribution in [2.24, 2.45) is 0 Å². The molecule has 1 N–H and O–H groups in total. The monoisotopic (exact) mass is 368 g/mol. The fourth-order valence-electron chi connectivity index (χ4n) is 3.43. The fourth-order valence-corrected chi connectivity index (χ4v) is 5.41. The molecule has 6 nitrogen and oxygen atoms in total. The van der Waals surface area contributed by atoms with Gasteiger partial charge >= 0.3 is 5.97 Å². The van der Waals surface area contributed by atoms with Gasteiger partial charge in [0.1, 0.15) is 0 Å². The lowest BCUT2D eigenvalue weighted by atomic mass is 9.95. The Morgan fingerprint density at radius 1 is 0.880 bits per heavy atom. The Balaban J connectivity index is 2.26. The lowest BCUT2D eigenvalue weighted by molar-refractivity contribution is -0.137. The van der Waals surface area contributed by atoms with Crippen LogP contribution in [0.25, 0.3) is 0 Å². The molecule has 0 amide bonds. The summed E-state index contributed by atoms with van der Waals surface area (Å²) in [4.78, 5) is 13.1. The first kappa shape index (κ1) is 19.9. The normalized spacial score (nSPS) is 17.0. The lowest BCUT2D eigenvalue weighted by Gasteiger charge is -2.34. The Morgan fingerprint density at radius 3 is 1.76 bits per heavy atom. The smallest absolute Gasteiger partial charge is 0.304 e. The molecule has 1 saturated heterocycles. The van der Waals surface area contributed by atoms with Crippen LogP contribution in [0.5, 0.6) is 0 Å². The van der Waals surface area contributed by atoms with Gasteiger partial charge < -0.3 is 10.0 Å². The minimum absolute atomic E-state index is 0.0846. The number of hydrogen-bond acceptors (Lipinski definition) is 4. The van der Waals surface area contributed by atoms with Gasteiger partial charge in [0.05, 0.1) is 11.3 Å². The Labute approximate surface area is 150 Å². The van der Waals surface area contributed by atoms with Crippen molar-refractivity contribution in [3.63, 3.8) is 0 Å². The van der Waals surface area contributed by atoms with Gasteiger partial charge in [-0.2, -0.15) is 4.31 Å². The summed E-state index contributed by atoms with van der Waals surface area (Å²) >= 11 is 0. The zero-order valence-electron chi connectivity index (χ0n) is 15.7. The van der Waals surface area contributed by atoms with Crippen LogP contribution in [-0.4, -0.2) is 61.4 Å². The molecule has 0 spiro atoms. The molecule has 2 rings (SSSR count). The Hall–Kier alpha value is -1.44. The second-order valence-corrected chi connectivity index (χ2v) is 8.72. The maximum Gasteiger partial charge on any atom is 0.304 e. The van der Waals surface area contributed by atoms with Gasteiger partial charge in [-0.05, 0) is 62.4 Å². The van der Waals surface area contributed by atoms with Crippen LogP contribution in [0, 0.1) is 34.6 Å². The highest BCUT2D eigenvalue weighted by Crippen LogP contribution is 2.31. The van der Waals surface area contributed by atoms with E-state index in [1.54, 1.807) is 0 Å². The van der Waals surface area contributed by atoms with Crippen LogP contribution in [0.4, 0.5) is 0 Å². The van der Waals surface area contributed by atoms with Crippen molar-refractivity contribution in [2.45, 2.75) is 45.9 Å². The van der Waals surface area contributed by atoms with Crippen LogP contribution in [0.1, 0.15) is 34.2 Å². The van der Waals surface area contributed by atoms with Crippen molar-refractivity contribution in [3.8, 4) is 0 Å². The lowest BCUT2D eigenvalue weighted by Crippen LogP contribution is -2.49. The maximum absolute atomic E-state index is 13.2. The summed E-state index contributed by atoms with van der Waals surface area (Å²) < 4.78 is 28.0. The minimum atomic E-state index is -3.55. The van der Waals surface area contributed by atoms with E-state index < -0.39 is 16.0 Å². The molecule has 7 heteroatoms. The molecule has 0 radical (unpaired) electrons. The summed E-state index contributed by atoms with van der Waals surface area (Å²) in [6.45, 7) is 12.1. The molecule has 0 aromatic heterocycles. The van der Waals surface area contributed by atoms with Crippen LogP contribution in [0.2, 0.25) is 0 Å². The maximum atomic E-state index is 13.2. The number of sulfonamides is 1. The Kier molecular flexibility index (Phi) is 5.91. The third-order valence-corrected chi connectivity index (χ3v) is 7.68. The highest BCUT2D eigenvalue weighted by atomic mass is 32.2. The molecule has 0 bridgehead atoms. The molecule has 0 saturated carbocycles. The summed E-state index contributed by atoms with van der Waals surface area (Å²) in [6.07, 6.45) is 0.0846. The molecular weight excluding hydrogens is 340 g/mol. The molecule has 1 fully saturated rings. The van der Waals surface area contributed by atoms with E-state index in [1.165, 1.54) is 4.31 Å². The summed E-state index contributed by atoms with van der Waals surface area (Å²) in [5.74, 6) is -0.827. The van der Waals surface area contributed by atoms with Crippen LogP contribution in [0.3, 0.4) is 0 Å². The third-order valence-electron chi connectivity index (χ3n) is 5.50. The van der Waals surface area contributed by atoms with E-state index in [4.69, 9.17) is 5.11 Å². The highest BCUT2D eigenvalue weighted by Gasteiger charge is 2.32. The second kappa shape index (κ2) is 7.43. The van der Waals surface area contributed by atoms with E-state index in [0.717, 1.165) is 27.8 Å². The largest absolute Gasteiger partial charge is 0.481 e. The first-order chi connectivity index (χ1) is 11.6. The zero-order valence-corrected chi connectivity index (χ0v) is 16.5. The minimum Gasteiger partial charge on any atom is -0.481 e. The van der Waals surface area contributed by atoms with Crippen molar-refractivity contribution in [2.75, 3.05) is 32.7 Å². The molecule has 25 heavy (non-hydrogen) atoms. The molecule has 0 atom stereocenters. The van der Waals surface area contributed by atoms with Crippen molar-refractivity contribution in [3.05, 3.63) is 27.8 Å². The molecular formula is C18H28N2O4S. The van der Waals surface area contributed by atoms with E-state index >= 15 is 0 Å². The number of carboxylic acids is 1. The Bertz CT molecular complexity index is 750. The molecule has 1 aromatic carbocycles. The van der Waals surface area contributed by atoms with Gasteiger partial charge in [0.25, 0.3) is 0 Å². The molecule has 140 valence electrons. The number of carbonyl (C=O) groups is 1. The van der Waals surface area contributed by atoms with Gasteiger partial charge in [0, 0.05) is 32.7 Å². The van der Waals surface area contributed by atoms with Gasteiger partial charge in [0.2, 0.25) is 10.0 Å². The third kappa shape index (κ3) is 3.88.